The molecule has 1 aliphatic rings. The summed E-state index contributed by atoms with van der Waals surface area (Å²) in [5.74, 6) is 0.687. The summed E-state index contributed by atoms with van der Waals surface area (Å²) in [5, 5.41) is 4.81. The SMILES string of the molecule is Clc1ccccc1COc1ccc(CNC2CC2)cc1Cl. The zero-order valence-electron chi connectivity index (χ0n) is 11.6. The van der Waals surface area contributed by atoms with Crippen molar-refractivity contribution in [1.82, 2.24) is 5.32 Å². The zero-order chi connectivity index (χ0) is 14.7. The van der Waals surface area contributed by atoms with Crippen molar-refractivity contribution in [1.29, 1.82) is 0 Å². The van der Waals surface area contributed by atoms with Crippen molar-refractivity contribution < 1.29 is 4.74 Å². The van der Waals surface area contributed by atoms with Gasteiger partial charge in [0.15, 0.2) is 0 Å². The summed E-state index contributed by atoms with van der Waals surface area (Å²) >= 11 is 12.4. The van der Waals surface area contributed by atoms with E-state index < -0.39 is 0 Å². The Hall–Kier alpha value is -1.22. The molecule has 1 aliphatic carbocycles. The van der Waals surface area contributed by atoms with Crippen molar-refractivity contribution in [2.45, 2.75) is 32.0 Å². The molecule has 0 unspecified atom stereocenters. The molecule has 1 saturated carbocycles. The van der Waals surface area contributed by atoms with Crippen LogP contribution in [0.4, 0.5) is 0 Å². The van der Waals surface area contributed by atoms with Gasteiger partial charge in [-0.1, -0.05) is 47.5 Å². The first-order chi connectivity index (χ1) is 10.2. The average Bonchev–Trinajstić information content (AvgIpc) is 3.30. The van der Waals surface area contributed by atoms with E-state index in [1.165, 1.54) is 18.4 Å². The van der Waals surface area contributed by atoms with E-state index in [1.54, 1.807) is 0 Å². The fourth-order valence-corrected chi connectivity index (χ4v) is 2.54. The van der Waals surface area contributed by atoms with E-state index in [9.17, 15) is 0 Å². The van der Waals surface area contributed by atoms with Crippen molar-refractivity contribution in [3.05, 3.63) is 63.6 Å². The summed E-state index contributed by atoms with van der Waals surface area (Å²) in [6, 6.07) is 14.3. The molecule has 0 atom stereocenters. The highest BCUT2D eigenvalue weighted by atomic mass is 35.5. The van der Waals surface area contributed by atoms with Gasteiger partial charge in [0.2, 0.25) is 0 Å². The van der Waals surface area contributed by atoms with Gasteiger partial charge in [-0.15, -0.1) is 0 Å². The Kier molecular flexibility index (Phi) is 4.69. The number of nitrogens with one attached hydrogen (secondary N) is 1. The minimum Gasteiger partial charge on any atom is -0.487 e. The molecule has 21 heavy (non-hydrogen) atoms. The predicted octanol–water partition coefficient (Wildman–Crippen LogP) is 4.82. The molecule has 2 aromatic rings. The second kappa shape index (κ2) is 6.69. The molecule has 4 heteroatoms. The summed E-state index contributed by atoms with van der Waals surface area (Å²) in [4.78, 5) is 0. The molecular weight excluding hydrogens is 305 g/mol. The molecule has 0 aliphatic heterocycles. The molecule has 1 fully saturated rings. The van der Waals surface area contributed by atoms with Crippen LogP contribution in [0.25, 0.3) is 0 Å². The van der Waals surface area contributed by atoms with Crippen molar-refractivity contribution >= 4 is 23.2 Å². The minimum absolute atomic E-state index is 0.416. The maximum atomic E-state index is 6.28. The molecule has 0 amide bonds. The van der Waals surface area contributed by atoms with Crippen molar-refractivity contribution in [2.24, 2.45) is 0 Å². The monoisotopic (exact) mass is 321 g/mol. The molecule has 0 bridgehead atoms. The van der Waals surface area contributed by atoms with Crippen molar-refractivity contribution in [2.75, 3.05) is 0 Å². The normalized spacial score (nSPS) is 14.2. The van der Waals surface area contributed by atoms with E-state index in [1.807, 2.05) is 42.5 Å². The van der Waals surface area contributed by atoms with E-state index in [-0.39, 0.29) is 0 Å². The molecule has 2 nitrogen and oxygen atoms in total. The van der Waals surface area contributed by atoms with Crippen LogP contribution in [0, 0.1) is 0 Å². The first-order valence-corrected chi connectivity index (χ1v) is 7.86. The Morgan fingerprint density at radius 2 is 1.86 bits per heavy atom. The zero-order valence-corrected chi connectivity index (χ0v) is 13.1. The van der Waals surface area contributed by atoms with Crippen molar-refractivity contribution in [3.63, 3.8) is 0 Å². The van der Waals surface area contributed by atoms with Crippen molar-refractivity contribution in [3.8, 4) is 5.75 Å². The Labute approximate surface area is 135 Å². The fraction of sp³-hybridized carbons (Fsp3) is 0.294. The third-order valence-electron chi connectivity index (χ3n) is 3.51. The van der Waals surface area contributed by atoms with Gasteiger partial charge in [0.1, 0.15) is 12.4 Å². The van der Waals surface area contributed by atoms with Gasteiger partial charge in [0.05, 0.1) is 5.02 Å². The van der Waals surface area contributed by atoms with E-state index in [4.69, 9.17) is 27.9 Å². The molecule has 3 rings (SSSR count). The van der Waals surface area contributed by atoms with E-state index in [0.29, 0.717) is 28.4 Å². The smallest absolute Gasteiger partial charge is 0.138 e. The molecule has 1 N–H and O–H groups in total. The summed E-state index contributed by atoms with van der Waals surface area (Å²) in [6.07, 6.45) is 2.57. The first kappa shape index (κ1) is 14.7. The lowest BCUT2D eigenvalue weighted by Gasteiger charge is -2.11. The Morgan fingerprint density at radius 3 is 2.57 bits per heavy atom. The summed E-state index contributed by atoms with van der Waals surface area (Å²) in [5.41, 5.74) is 2.13. The standard InChI is InChI=1S/C17H17Cl2NO/c18-15-4-2-1-3-13(15)11-21-17-8-5-12(9-16(17)19)10-20-14-6-7-14/h1-5,8-9,14,20H,6-7,10-11H2. The first-order valence-electron chi connectivity index (χ1n) is 7.10. The summed E-state index contributed by atoms with van der Waals surface area (Å²) < 4.78 is 5.76. The van der Waals surface area contributed by atoms with Crippen LogP contribution in [0.3, 0.4) is 0 Å². The maximum absolute atomic E-state index is 6.28. The Balaban J connectivity index is 1.61. The highest BCUT2D eigenvalue weighted by Gasteiger charge is 2.20. The van der Waals surface area contributed by atoms with E-state index in [2.05, 4.69) is 5.32 Å². The molecule has 0 radical (unpaired) electrons. The summed E-state index contributed by atoms with van der Waals surface area (Å²) in [7, 11) is 0. The highest BCUT2D eigenvalue weighted by molar-refractivity contribution is 6.32. The van der Waals surface area contributed by atoms with Gasteiger partial charge in [-0.05, 0) is 36.6 Å². The Bertz CT molecular complexity index is 626. The number of hydrogen-bond acceptors (Lipinski definition) is 2. The predicted molar refractivity (Wildman–Crippen MR) is 87.1 cm³/mol. The van der Waals surface area contributed by atoms with Gasteiger partial charge in [0.25, 0.3) is 0 Å². The third kappa shape index (κ3) is 4.13. The van der Waals surface area contributed by atoms with Crippen LogP contribution in [0.2, 0.25) is 10.0 Å². The van der Waals surface area contributed by atoms with Gasteiger partial charge in [0, 0.05) is 23.2 Å². The van der Waals surface area contributed by atoms with Gasteiger partial charge < -0.3 is 10.1 Å². The van der Waals surface area contributed by atoms with E-state index in [0.717, 1.165) is 12.1 Å². The minimum atomic E-state index is 0.416. The number of halogens is 2. The summed E-state index contributed by atoms with van der Waals surface area (Å²) in [6.45, 7) is 1.27. The van der Waals surface area contributed by atoms with Gasteiger partial charge in [-0.2, -0.15) is 0 Å². The average molecular weight is 322 g/mol. The molecule has 0 saturated heterocycles. The topological polar surface area (TPSA) is 21.3 Å². The van der Waals surface area contributed by atoms with E-state index >= 15 is 0 Å². The van der Waals surface area contributed by atoms with Gasteiger partial charge in [-0.25, -0.2) is 0 Å². The number of hydrogen-bond donors (Lipinski definition) is 1. The molecule has 110 valence electrons. The lowest BCUT2D eigenvalue weighted by molar-refractivity contribution is 0.306. The molecule has 0 aromatic heterocycles. The number of rotatable bonds is 6. The van der Waals surface area contributed by atoms with Crippen LogP contribution in [0.15, 0.2) is 42.5 Å². The lowest BCUT2D eigenvalue weighted by atomic mass is 10.2. The number of ether oxygens (including phenoxy) is 1. The van der Waals surface area contributed by atoms with Crippen LogP contribution in [0.1, 0.15) is 24.0 Å². The molecular formula is C17H17Cl2NO. The van der Waals surface area contributed by atoms with Crippen LogP contribution in [-0.2, 0) is 13.2 Å². The van der Waals surface area contributed by atoms with Gasteiger partial charge in [-0.3, -0.25) is 0 Å². The maximum Gasteiger partial charge on any atom is 0.138 e. The van der Waals surface area contributed by atoms with Crippen LogP contribution in [0.5, 0.6) is 5.75 Å². The van der Waals surface area contributed by atoms with Crippen LogP contribution < -0.4 is 10.1 Å². The third-order valence-corrected chi connectivity index (χ3v) is 4.17. The second-order valence-electron chi connectivity index (χ2n) is 5.30. The second-order valence-corrected chi connectivity index (χ2v) is 6.11. The van der Waals surface area contributed by atoms with Crippen LogP contribution in [-0.4, -0.2) is 6.04 Å². The molecule has 2 aromatic carbocycles. The largest absolute Gasteiger partial charge is 0.487 e. The fourth-order valence-electron chi connectivity index (χ4n) is 2.09. The quantitative estimate of drug-likeness (QED) is 0.823. The Morgan fingerprint density at radius 1 is 1.05 bits per heavy atom. The molecule has 0 spiro atoms. The highest BCUT2D eigenvalue weighted by Crippen LogP contribution is 2.28. The molecule has 0 heterocycles. The lowest BCUT2D eigenvalue weighted by Crippen LogP contribution is -2.15. The van der Waals surface area contributed by atoms with Crippen LogP contribution >= 0.6 is 23.2 Å². The number of benzene rings is 2. The van der Waals surface area contributed by atoms with Gasteiger partial charge >= 0.3 is 0 Å².